The van der Waals surface area contributed by atoms with Crippen LogP contribution in [0.2, 0.25) is 0 Å². The van der Waals surface area contributed by atoms with Gasteiger partial charge in [-0.3, -0.25) is 19.3 Å². The van der Waals surface area contributed by atoms with Crippen LogP contribution in [0.1, 0.15) is 31.2 Å². The molecular formula is C28H43N5O6. The molecule has 216 valence electrons. The lowest BCUT2D eigenvalue weighted by Gasteiger charge is -2.35. The Balaban J connectivity index is 1.60. The molecule has 0 N–H and O–H groups in total. The number of ether oxygens (including phenoxy) is 2. The van der Waals surface area contributed by atoms with Crippen molar-refractivity contribution in [1.82, 2.24) is 24.5 Å². The van der Waals surface area contributed by atoms with Gasteiger partial charge in [0.15, 0.2) is 0 Å². The third-order valence-electron chi connectivity index (χ3n) is 7.32. The van der Waals surface area contributed by atoms with E-state index in [-0.39, 0.29) is 37.4 Å². The third kappa shape index (κ3) is 9.50. The van der Waals surface area contributed by atoms with E-state index in [4.69, 9.17) is 9.47 Å². The normalized spacial score (nSPS) is 16.7. The monoisotopic (exact) mass is 545 g/mol. The van der Waals surface area contributed by atoms with Gasteiger partial charge in [-0.25, -0.2) is 4.79 Å². The van der Waals surface area contributed by atoms with Crippen LogP contribution in [0.5, 0.6) is 0 Å². The fraction of sp³-hybridized carbons (Fsp3) is 0.643. The molecule has 0 unspecified atom stereocenters. The van der Waals surface area contributed by atoms with Gasteiger partial charge in [0.1, 0.15) is 19.2 Å². The fourth-order valence-electron chi connectivity index (χ4n) is 4.77. The lowest BCUT2D eigenvalue weighted by molar-refractivity contribution is -0.147. The number of rotatable bonds is 11. The molecule has 1 aromatic carbocycles. The summed E-state index contributed by atoms with van der Waals surface area (Å²) in [7, 11) is 4.68. The molecule has 2 aliphatic rings. The Labute approximate surface area is 231 Å². The van der Waals surface area contributed by atoms with Crippen LogP contribution in [0.25, 0.3) is 0 Å². The highest BCUT2D eigenvalue weighted by molar-refractivity contribution is 5.91. The quantitative estimate of drug-likeness (QED) is 0.413. The number of nitrogens with zero attached hydrogens (tertiary/aromatic N) is 5. The average Bonchev–Trinajstić information content (AvgIpc) is 2.97. The topological polar surface area (TPSA) is 103 Å². The Morgan fingerprint density at radius 1 is 0.897 bits per heavy atom. The predicted molar refractivity (Wildman–Crippen MR) is 146 cm³/mol. The summed E-state index contributed by atoms with van der Waals surface area (Å²) < 4.78 is 10.7. The Bertz CT molecular complexity index is 949. The van der Waals surface area contributed by atoms with E-state index in [1.807, 2.05) is 30.3 Å². The van der Waals surface area contributed by atoms with E-state index in [0.29, 0.717) is 39.3 Å². The highest BCUT2D eigenvalue weighted by Gasteiger charge is 2.32. The minimum atomic E-state index is -0.770. The molecule has 2 heterocycles. The number of morpholine rings is 1. The molecule has 0 saturated carbocycles. The Hall–Kier alpha value is -3.18. The van der Waals surface area contributed by atoms with Crippen molar-refractivity contribution in [3.63, 3.8) is 0 Å². The van der Waals surface area contributed by atoms with Crippen LogP contribution < -0.4 is 0 Å². The zero-order chi connectivity index (χ0) is 28.2. The number of likely N-dealkylation sites (tertiary alicyclic amines) is 1. The second-order valence-corrected chi connectivity index (χ2v) is 10.3. The molecule has 0 spiro atoms. The first-order chi connectivity index (χ1) is 18.8. The highest BCUT2D eigenvalue weighted by atomic mass is 16.6. The number of benzene rings is 1. The molecule has 11 heteroatoms. The molecule has 0 radical (unpaired) electrons. The van der Waals surface area contributed by atoms with Gasteiger partial charge in [-0.05, 0) is 31.2 Å². The molecule has 0 bridgehead atoms. The number of amides is 4. The smallest absolute Gasteiger partial charge is 0.410 e. The number of carbonyl (C=O) groups is 4. The number of hydrogen-bond acceptors (Lipinski definition) is 7. The summed E-state index contributed by atoms with van der Waals surface area (Å²) in [5.41, 5.74) is 0.846. The average molecular weight is 546 g/mol. The van der Waals surface area contributed by atoms with Crippen molar-refractivity contribution in [1.29, 1.82) is 0 Å². The standard InChI is InChI=1S/C28H43N5O6/c1-29(21-26(35)33-13-8-5-9-14-33)27(36)24(12-15-32-16-18-38-19-17-32)31(3)25(34)20-30(2)28(37)39-22-23-10-6-4-7-11-23/h4,6-7,10-11,24H,5,8-9,12-22H2,1-3H3/t24-/m0/s1. The van der Waals surface area contributed by atoms with Crippen molar-refractivity contribution in [2.75, 3.05) is 80.2 Å². The van der Waals surface area contributed by atoms with Gasteiger partial charge in [-0.15, -0.1) is 0 Å². The van der Waals surface area contributed by atoms with E-state index in [2.05, 4.69) is 4.90 Å². The number of piperidine rings is 1. The third-order valence-corrected chi connectivity index (χ3v) is 7.32. The molecule has 2 saturated heterocycles. The van der Waals surface area contributed by atoms with E-state index in [9.17, 15) is 19.2 Å². The Kier molecular flexibility index (Phi) is 12.0. The van der Waals surface area contributed by atoms with Gasteiger partial charge >= 0.3 is 6.09 Å². The SMILES string of the molecule is CN(CC(=O)N(C)[C@@H](CCN1CCOCC1)C(=O)N(C)CC(=O)N1CCCCC1)C(=O)OCc1ccccc1. The number of hydrogen-bond donors (Lipinski definition) is 0. The summed E-state index contributed by atoms with van der Waals surface area (Å²) in [6.07, 6.45) is 2.85. The van der Waals surface area contributed by atoms with Crippen molar-refractivity contribution in [3.8, 4) is 0 Å². The first kappa shape index (κ1) is 30.4. The minimum Gasteiger partial charge on any atom is -0.445 e. The maximum absolute atomic E-state index is 13.6. The van der Waals surface area contributed by atoms with Gasteiger partial charge < -0.3 is 29.1 Å². The van der Waals surface area contributed by atoms with Crippen LogP contribution in [0.3, 0.4) is 0 Å². The van der Waals surface area contributed by atoms with Gasteiger partial charge in [-0.2, -0.15) is 0 Å². The maximum Gasteiger partial charge on any atom is 0.410 e. The Morgan fingerprint density at radius 2 is 1.56 bits per heavy atom. The number of carbonyl (C=O) groups excluding carboxylic acids is 4. The van der Waals surface area contributed by atoms with Crippen LogP contribution in [-0.4, -0.2) is 135 Å². The molecule has 3 rings (SSSR count). The van der Waals surface area contributed by atoms with E-state index in [1.165, 1.54) is 21.7 Å². The van der Waals surface area contributed by atoms with Crippen LogP contribution in [0.4, 0.5) is 4.79 Å². The first-order valence-electron chi connectivity index (χ1n) is 13.8. The van der Waals surface area contributed by atoms with Crippen LogP contribution in [0.15, 0.2) is 30.3 Å². The van der Waals surface area contributed by atoms with Gasteiger partial charge in [0.25, 0.3) is 0 Å². The molecule has 39 heavy (non-hydrogen) atoms. The fourth-order valence-corrected chi connectivity index (χ4v) is 4.77. The van der Waals surface area contributed by atoms with Gasteiger partial charge in [-0.1, -0.05) is 30.3 Å². The second kappa shape index (κ2) is 15.4. The number of likely N-dealkylation sites (N-methyl/N-ethyl adjacent to an activating group) is 3. The largest absolute Gasteiger partial charge is 0.445 e. The minimum absolute atomic E-state index is 0.0272. The van der Waals surface area contributed by atoms with Crippen molar-refractivity contribution >= 4 is 23.8 Å². The molecule has 0 aliphatic carbocycles. The van der Waals surface area contributed by atoms with Gasteiger partial charge in [0.05, 0.1) is 19.8 Å². The molecule has 2 fully saturated rings. The summed E-state index contributed by atoms with van der Waals surface area (Å²) in [6.45, 7) is 4.67. The van der Waals surface area contributed by atoms with E-state index >= 15 is 0 Å². The van der Waals surface area contributed by atoms with Crippen molar-refractivity contribution in [3.05, 3.63) is 35.9 Å². The summed E-state index contributed by atoms with van der Waals surface area (Å²) in [6, 6.07) is 8.53. The van der Waals surface area contributed by atoms with Crippen molar-refractivity contribution < 1.29 is 28.7 Å². The van der Waals surface area contributed by atoms with Crippen molar-refractivity contribution in [2.24, 2.45) is 0 Å². The van der Waals surface area contributed by atoms with Gasteiger partial charge in [0.2, 0.25) is 17.7 Å². The Morgan fingerprint density at radius 3 is 2.23 bits per heavy atom. The van der Waals surface area contributed by atoms with Crippen LogP contribution in [-0.2, 0) is 30.5 Å². The summed E-state index contributed by atoms with van der Waals surface area (Å²) in [5.74, 6) is -0.753. The summed E-state index contributed by atoms with van der Waals surface area (Å²) in [5, 5.41) is 0. The first-order valence-corrected chi connectivity index (χ1v) is 13.8. The van der Waals surface area contributed by atoms with E-state index in [1.54, 1.807) is 19.0 Å². The molecule has 2 aliphatic heterocycles. The lowest BCUT2D eigenvalue weighted by Crippen LogP contribution is -2.54. The zero-order valence-corrected chi connectivity index (χ0v) is 23.5. The summed E-state index contributed by atoms with van der Waals surface area (Å²) in [4.78, 5) is 60.1. The lowest BCUT2D eigenvalue weighted by atomic mass is 10.1. The molecule has 0 aromatic heterocycles. The second-order valence-electron chi connectivity index (χ2n) is 10.3. The highest BCUT2D eigenvalue weighted by Crippen LogP contribution is 2.13. The van der Waals surface area contributed by atoms with Gasteiger partial charge in [0, 0.05) is 53.9 Å². The van der Waals surface area contributed by atoms with E-state index in [0.717, 1.165) is 37.9 Å². The molecule has 1 atom stereocenters. The zero-order valence-electron chi connectivity index (χ0n) is 23.5. The maximum atomic E-state index is 13.6. The predicted octanol–water partition coefficient (Wildman–Crippen LogP) is 1.28. The van der Waals surface area contributed by atoms with Crippen LogP contribution in [0, 0.1) is 0 Å². The molecule has 4 amide bonds. The van der Waals surface area contributed by atoms with Crippen LogP contribution >= 0.6 is 0 Å². The van der Waals surface area contributed by atoms with Crippen molar-refractivity contribution in [2.45, 2.75) is 38.3 Å². The molecule has 1 aromatic rings. The molecular weight excluding hydrogens is 502 g/mol. The molecule has 11 nitrogen and oxygen atoms in total. The van der Waals surface area contributed by atoms with E-state index < -0.39 is 12.1 Å². The summed E-state index contributed by atoms with van der Waals surface area (Å²) >= 11 is 0.